The van der Waals surface area contributed by atoms with Gasteiger partial charge in [-0.2, -0.15) is 0 Å². The number of aromatic amines is 1. The number of anilines is 1. The molecule has 3 aromatic rings. The average Bonchev–Trinajstić information content (AvgIpc) is 3.13. The lowest BCUT2D eigenvalue weighted by Crippen LogP contribution is -2.12. The molecule has 0 unspecified atom stereocenters. The minimum atomic E-state index is -0.262. The number of hydrogen-bond acceptors (Lipinski definition) is 2. The van der Waals surface area contributed by atoms with E-state index in [1.165, 1.54) is 6.92 Å². The van der Waals surface area contributed by atoms with Gasteiger partial charge in [0.1, 0.15) is 5.69 Å². The fourth-order valence-electron chi connectivity index (χ4n) is 2.48. The zero-order chi connectivity index (χ0) is 15.7. The van der Waals surface area contributed by atoms with Crippen LogP contribution in [0.5, 0.6) is 0 Å². The maximum absolute atomic E-state index is 12.2. The van der Waals surface area contributed by atoms with Gasteiger partial charge in [-0.05, 0) is 44.2 Å². The zero-order valence-corrected chi connectivity index (χ0v) is 12.5. The molecule has 0 saturated heterocycles. The Balaban J connectivity index is 1.82. The predicted molar refractivity (Wildman–Crippen MR) is 86.4 cm³/mol. The van der Waals surface area contributed by atoms with Crippen LogP contribution < -0.4 is 5.32 Å². The monoisotopic (exact) mass is 295 g/mol. The Labute approximate surface area is 127 Å². The molecular formula is C17H17N3O2. The maximum atomic E-state index is 12.2. The van der Waals surface area contributed by atoms with E-state index in [2.05, 4.69) is 21.8 Å². The molecule has 2 aromatic heterocycles. The van der Waals surface area contributed by atoms with Crippen molar-refractivity contribution in [2.45, 2.75) is 20.4 Å². The van der Waals surface area contributed by atoms with Crippen molar-refractivity contribution in [2.75, 3.05) is 5.32 Å². The summed E-state index contributed by atoms with van der Waals surface area (Å²) in [7, 11) is 0. The molecule has 0 fully saturated rings. The van der Waals surface area contributed by atoms with E-state index in [4.69, 9.17) is 0 Å². The van der Waals surface area contributed by atoms with Crippen LogP contribution in [0.4, 0.5) is 5.69 Å². The highest BCUT2D eigenvalue weighted by atomic mass is 16.2. The van der Waals surface area contributed by atoms with Crippen LogP contribution >= 0.6 is 0 Å². The standard InChI is InChI=1S/C17H17N3O2/c1-3-20-7-6-12-8-14(4-5-16(12)20)19-17(22)15-9-13(10-18-15)11(2)21/h4-10,18H,3H2,1-2H3,(H,19,22). The fraction of sp³-hybridized carbons (Fsp3) is 0.176. The number of Topliss-reactive ketones (excluding diaryl/α,β-unsaturated/α-hetero) is 1. The van der Waals surface area contributed by atoms with Gasteiger partial charge in [0, 0.05) is 41.1 Å². The molecule has 0 bridgehead atoms. The smallest absolute Gasteiger partial charge is 0.272 e. The van der Waals surface area contributed by atoms with Gasteiger partial charge in [0.15, 0.2) is 5.78 Å². The lowest BCUT2D eigenvalue weighted by atomic mass is 10.2. The van der Waals surface area contributed by atoms with Gasteiger partial charge in [-0.1, -0.05) is 0 Å². The molecule has 0 spiro atoms. The van der Waals surface area contributed by atoms with E-state index in [0.29, 0.717) is 11.3 Å². The lowest BCUT2D eigenvalue weighted by Gasteiger charge is -2.05. The van der Waals surface area contributed by atoms with Crippen LogP contribution in [0.3, 0.4) is 0 Å². The average molecular weight is 295 g/mol. The first kappa shape index (κ1) is 14.1. The molecule has 112 valence electrons. The van der Waals surface area contributed by atoms with Crippen molar-refractivity contribution in [3.05, 3.63) is 54.0 Å². The second kappa shape index (κ2) is 5.52. The number of nitrogens with zero attached hydrogens (tertiary/aromatic N) is 1. The van der Waals surface area contributed by atoms with Gasteiger partial charge in [-0.25, -0.2) is 0 Å². The molecule has 0 aliphatic rings. The van der Waals surface area contributed by atoms with Crippen LogP contribution in [-0.2, 0) is 6.54 Å². The van der Waals surface area contributed by atoms with Crippen molar-refractivity contribution in [3.63, 3.8) is 0 Å². The van der Waals surface area contributed by atoms with E-state index in [9.17, 15) is 9.59 Å². The number of aryl methyl sites for hydroxylation is 1. The number of nitrogens with one attached hydrogen (secondary N) is 2. The van der Waals surface area contributed by atoms with Crippen molar-refractivity contribution in [2.24, 2.45) is 0 Å². The number of carbonyl (C=O) groups excluding carboxylic acids is 2. The third kappa shape index (κ3) is 2.53. The topological polar surface area (TPSA) is 66.9 Å². The first-order valence-corrected chi connectivity index (χ1v) is 7.18. The molecule has 3 rings (SSSR count). The SMILES string of the molecule is CCn1ccc2cc(NC(=O)c3cc(C(C)=O)c[nH]3)ccc21. The van der Waals surface area contributed by atoms with Crippen LogP contribution in [0.15, 0.2) is 42.7 Å². The predicted octanol–water partition coefficient (Wildman–Crippen LogP) is 3.44. The van der Waals surface area contributed by atoms with Crippen LogP contribution in [0.25, 0.3) is 10.9 Å². The largest absolute Gasteiger partial charge is 0.356 e. The number of amides is 1. The molecule has 2 N–H and O–H groups in total. The molecule has 2 heterocycles. The van der Waals surface area contributed by atoms with Crippen LogP contribution in [0.1, 0.15) is 34.7 Å². The van der Waals surface area contributed by atoms with E-state index < -0.39 is 0 Å². The molecule has 22 heavy (non-hydrogen) atoms. The lowest BCUT2D eigenvalue weighted by molar-refractivity contribution is 0.101. The van der Waals surface area contributed by atoms with Crippen LogP contribution in [0, 0.1) is 0 Å². The summed E-state index contributed by atoms with van der Waals surface area (Å²) in [5.74, 6) is -0.334. The van der Waals surface area contributed by atoms with E-state index >= 15 is 0 Å². The number of hydrogen-bond donors (Lipinski definition) is 2. The van der Waals surface area contributed by atoms with Crippen molar-refractivity contribution < 1.29 is 9.59 Å². The first-order chi connectivity index (χ1) is 10.6. The number of benzene rings is 1. The molecule has 5 nitrogen and oxygen atoms in total. The summed E-state index contributed by atoms with van der Waals surface area (Å²) in [5, 5.41) is 3.92. The maximum Gasteiger partial charge on any atom is 0.272 e. The van der Waals surface area contributed by atoms with Crippen LogP contribution in [-0.4, -0.2) is 21.2 Å². The first-order valence-electron chi connectivity index (χ1n) is 7.18. The molecule has 0 radical (unpaired) electrons. The van der Waals surface area contributed by atoms with E-state index in [1.807, 2.05) is 30.5 Å². The molecule has 5 heteroatoms. The highest BCUT2D eigenvalue weighted by Gasteiger charge is 2.11. The fourth-order valence-corrected chi connectivity index (χ4v) is 2.48. The number of ketones is 1. The number of fused-ring (bicyclic) bond motifs is 1. The summed E-state index contributed by atoms with van der Waals surface area (Å²) in [6, 6.07) is 9.39. The van der Waals surface area contributed by atoms with Gasteiger partial charge in [0.2, 0.25) is 0 Å². The second-order valence-corrected chi connectivity index (χ2v) is 5.19. The van der Waals surface area contributed by atoms with Crippen molar-refractivity contribution in [3.8, 4) is 0 Å². The summed E-state index contributed by atoms with van der Waals surface area (Å²) >= 11 is 0. The Hall–Kier alpha value is -2.82. The Kier molecular flexibility index (Phi) is 3.55. The van der Waals surface area contributed by atoms with Gasteiger partial charge < -0.3 is 14.9 Å². The number of rotatable bonds is 4. The zero-order valence-electron chi connectivity index (χ0n) is 12.5. The Morgan fingerprint density at radius 2 is 2.05 bits per heavy atom. The van der Waals surface area contributed by atoms with Gasteiger partial charge in [-0.15, -0.1) is 0 Å². The van der Waals surface area contributed by atoms with Crippen molar-refractivity contribution in [1.29, 1.82) is 0 Å². The minimum absolute atomic E-state index is 0.0716. The minimum Gasteiger partial charge on any atom is -0.356 e. The summed E-state index contributed by atoms with van der Waals surface area (Å²) < 4.78 is 2.14. The quantitative estimate of drug-likeness (QED) is 0.724. The summed E-state index contributed by atoms with van der Waals surface area (Å²) in [5.41, 5.74) is 2.74. The third-order valence-corrected chi connectivity index (χ3v) is 3.70. The Bertz CT molecular complexity index is 858. The van der Waals surface area contributed by atoms with Gasteiger partial charge >= 0.3 is 0 Å². The molecule has 0 saturated carbocycles. The molecule has 0 aliphatic carbocycles. The molecule has 1 amide bonds. The summed E-state index contributed by atoms with van der Waals surface area (Å²) in [6.45, 7) is 4.47. The van der Waals surface area contributed by atoms with Gasteiger partial charge in [-0.3, -0.25) is 9.59 Å². The summed E-state index contributed by atoms with van der Waals surface area (Å²) in [4.78, 5) is 26.3. The highest BCUT2D eigenvalue weighted by Crippen LogP contribution is 2.21. The second-order valence-electron chi connectivity index (χ2n) is 5.19. The Morgan fingerprint density at radius 3 is 2.73 bits per heavy atom. The normalized spacial score (nSPS) is 10.8. The van der Waals surface area contributed by atoms with E-state index in [-0.39, 0.29) is 11.7 Å². The Morgan fingerprint density at radius 1 is 1.23 bits per heavy atom. The number of H-pyrrole nitrogens is 1. The van der Waals surface area contributed by atoms with Gasteiger partial charge in [0.05, 0.1) is 0 Å². The van der Waals surface area contributed by atoms with Crippen molar-refractivity contribution >= 4 is 28.3 Å². The molecule has 0 aliphatic heterocycles. The summed E-state index contributed by atoms with van der Waals surface area (Å²) in [6.07, 6.45) is 3.57. The van der Waals surface area contributed by atoms with Crippen molar-refractivity contribution in [1.82, 2.24) is 9.55 Å². The van der Waals surface area contributed by atoms with Gasteiger partial charge in [0.25, 0.3) is 5.91 Å². The highest BCUT2D eigenvalue weighted by molar-refractivity contribution is 6.06. The molecule has 0 atom stereocenters. The van der Waals surface area contributed by atoms with E-state index in [1.54, 1.807) is 12.3 Å². The van der Waals surface area contributed by atoms with Crippen LogP contribution in [0.2, 0.25) is 0 Å². The third-order valence-electron chi connectivity index (χ3n) is 3.70. The molecule has 1 aromatic carbocycles. The number of aromatic nitrogens is 2. The van der Waals surface area contributed by atoms with E-state index in [0.717, 1.165) is 23.1 Å². The number of carbonyl (C=O) groups is 2. The molecular weight excluding hydrogens is 278 g/mol.